The smallest absolute Gasteiger partial charge is 0.317 e. The molecule has 4 aromatic rings. The number of para-hydroxylation sites is 1. The van der Waals surface area contributed by atoms with Gasteiger partial charge < -0.3 is 15.4 Å². The molecule has 0 spiro atoms. The van der Waals surface area contributed by atoms with Crippen LogP contribution in [0.3, 0.4) is 0 Å². The standard InChI is InChI=1S/C14H13FN6O.C12H17FN2O/c1-20-8-9(7-17-20)12-11(15)13(18-14(16)22)21(19-12)10-5-3-2-4-6-10;1-16-5-4-15-3-2-10(9-15)11-6-12(13)8-14-7-11/h2-8H,1H3,(H3,16,18,22);6-8,10H,2-5,9H2,1H3. The molecule has 1 aliphatic rings. The number of methoxy groups -OCH3 is 1. The number of carbonyl (C=O) groups is 1. The molecule has 38 heavy (non-hydrogen) atoms. The minimum Gasteiger partial charge on any atom is -0.383 e. The molecule has 3 N–H and O–H groups in total. The van der Waals surface area contributed by atoms with Crippen molar-refractivity contribution in [1.82, 2.24) is 29.4 Å². The molecule has 1 atom stereocenters. The quantitative estimate of drug-likeness (QED) is 0.382. The van der Waals surface area contributed by atoms with E-state index in [1.54, 1.807) is 56.9 Å². The lowest BCUT2D eigenvalue weighted by Crippen LogP contribution is -2.24. The van der Waals surface area contributed by atoms with Crippen molar-refractivity contribution in [3.05, 3.63) is 78.4 Å². The van der Waals surface area contributed by atoms with Crippen molar-refractivity contribution >= 4 is 11.8 Å². The molecule has 5 rings (SSSR count). The molecule has 2 amide bonds. The Morgan fingerprint density at radius 3 is 2.66 bits per heavy atom. The van der Waals surface area contributed by atoms with Gasteiger partial charge in [-0.05, 0) is 42.6 Å². The number of hydrogen-bond donors (Lipinski definition) is 2. The Morgan fingerprint density at radius 1 is 1.21 bits per heavy atom. The number of pyridine rings is 1. The minimum absolute atomic E-state index is 0.0840. The Morgan fingerprint density at radius 2 is 2.00 bits per heavy atom. The summed E-state index contributed by atoms with van der Waals surface area (Å²) >= 11 is 0. The Balaban J connectivity index is 0.000000186. The van der Waals surface area contributed by atoms with Gasteiger partial charge in [-0.15, -0.1) is 0 Å². The van der Waals surface area contributed by atoms with Gasteiger partial charge in [-0.2, -0.15) is 10.2 Å². The number of likely N-dealkylation sites (tertiary alicyclic amines) is 1. The normalized spacial score (nSPS) is 15.2. The van der Waals surface area contributed by atoms with Crippen LogP contribution in [0.25, 0.3) is 16.9 Å². The van der Waals surface area contributed by atoms with Crippen molar-refractivity contribution in [1.29, 1.82) is 0 Å². The number of anilines is 1. The van der Waals surface area contributed by atoms with Gasteiger partial charge in [0, 0.05) is 45.2 Å². The van der Waals surface area contributed by atoms with Crippen LogP contribution in [-0.4, -0.2) is 68.8 Å². The predicted molar refractivity (Wildman–Crippen MR) is 139 cm³/mol. The van der Waals surface area contributed by atoms with Crippen LogP contribution < -0.4 is 11.1 Å². The summed E-state index contributed by atoms with van der Waals surface area (Å²) in [6.07, 6.45) is 7.23. The average molecular weight is 525 g/mol. The summed E-state index contributed by atoms with van der Waals surface area (Å²) in [7, 11) is 3.43. The number of benzene rings is 1. The number of aromatic nitrogens is 5. The maximum atomic E-state index is 14.6. The molecule has 0 aliphatic carbocycles. The van der Waals surface area contributed by atoms with Gasteiger partial charge in [-0.25, -0.2) is 18.3 Å². The second-order valence-electron chi connectivity index (χ2n) is 8.87. The summed E-state index contributed by atoms with van der Waals surface area (Å²) in [4.78, 5) is 17.4. The largest absolute Gasteiger partial charge is 0.383 e. The van der Waals surface area contributed by atoms with Crippen LogP contribution in [0.15, 0.2) is 61.2 Å². The molecule has 4 heterocycles. The van der Waals surface area contributed by atoms with Crippen LogP contribution in [0.2, 0.25) is 0 Å². The van der Waals surface area contributed by atoms with Gasteiger partial charge in [0.2, 0.25) is 0 Å². The summed E-state index contributed by atoms with van der Waals surface area (Å²) < 4.78 is 35.6. The van der Waals surface area contributed by atoms with Crippen LogP contribution in [-0.2, 0) is 11.8 Å². The minimum atomic E-state index is -0.867. The highest BCUT2D eigenvalue weighted by Gasteiger charge is 2.24. The number of amides is 2. The fraction of sp³-hybridized carbons (Fsp3) is 0.308. The van der Waals surface area contributed by atoms with Crippen LogP contribution >= 0.6 is 0 Å². The third-order valence-corrected chi connectivity index (χ3v) is 6.13. The molecule has 0 bridgehead atoms. The monoisotopic (exact) mass is 524 g/mol. The van der Waals surface area contributed by atoms with Crippen LogP contribution in [0.4, 0.5) is 19.4 Å². The average Bonchev–Trinajstić information content (AvgIpc) is 3.63. The lowest BCUT2D eigenvalue weighted by Gasteiger charge is -2.15. The summed E-state index contributed by atoms with van der Waals surface area (Å²) in [5, 5.41) is 10.5. The second kappa shape index (κ2) is 12.4. The molecule has 1 fully saturated rings. The Labute approximate surface area is 219 Å². The molecule has 1 saturated heterocycles. The van der Waals surface area contributed by atoms with Gasteiger partial charge >= 0.3 is 6.03 Å². The van der Waals surface area contributed by atoms with Crippen LogP contribution in [0.1, 0.15) is 17.9 Å². The molecular formula is C26H30F2N8O2. The summed E-state index contributed by atoms with van der Waals surface area (Å²) in [6.45, 7) is 3.75. The van der Waals surface area contributed by atoms with E-state index in [2.05, 4.69) is 25.4 Å². The molecule has 0 saturated carbocycles. The highest BCUT2D eigenvalue weighted by molar-refractivity contribution is 5.88. The highest BCUT2D eigenvalue weighted by Crippen LogP contribution is 2.29. The van der Waals surface area contributed by atoms with E-state index in [1.165, 1.54) is 21.8 Å². The van der Waals surface area contributed by atoms with E-state index in [1.807, 2.05) is 6.07 Å². The van der Waals surface area contributed by atoms with Gasteiger partial charge in [0.1, 0.15) is 11.5 Å². The van der Waals surface area contributed by atoms with E-state index in [-0.39, 0.29) is 17.3 Å². The number of aryl methyl sites for hydroxylation is 1. The summed E-state index contributed by atoms with van der Waals surface area (Å²) in [6, 6.07) is 9.61. The number of urea groups is 1. The SMILES string of the molecule is COCCN1CCC(c2cncc(F)c2)C1.Cn1cc(-c2nn(-c3ccccc3)c(NC(N)=O)c2F)cn1. The maximum Gasteiger partial charge on any atom is 0.317 e. The van der Waals surface area contributed by atoms with E-state index < -0.39 is 11.8 Å². The second-order valence-corrected chi connectivity index (χ2v) is 8.87. The first-order chi connectivity index (χ1) is 18.4. The first-order valence-electron chi connectivity index (χ1n) is 12.1. The fourth-order valence-electron chi connectivity index (χ4n) is 4.29. The van der Waals surface area contributed by atoms with Crippen molar-refractivity contribution in [2.45, 2.75) is 12.3 Å². The lowest BCUT2D eigenvalue weighted by atomic mass is 10.0. The fourth-order valence-corrected chi connectivity index (χ4v) is 4.29. The number of halogens is 2. The zero-order valence-electron chi connectivity index (χ0n) is 21.2. The Bertz CT molecular complexity index is 1360. The van der Waals surface area contributed by atoms with Crippen LogP contribution in [0, 0.1) is 11.6 Å². The van der Waals surface area contributed by atoms with Crippen molar-refractivity contribution in [2.75, 3.05) is 38.7 Å². The molecule has 12 heteroatoms. The molecule has 1 aliphatic heterocycles. The number of rotatable bonds is 7. The van der Waals surface area contributed by atoms with E-state index in [0.29, 0.717) is 17.2 Å². The summed E-state index contributed by atoms with van der Waals surface area (Å²) in [5.41, 5.74) is 7.32. The summed E-state index contributed by atoms with van der Waals surface area (Å²) in [5.74, 6) is -0.610. The number of primary amides is 1. The van der Waals surface area contributed by atoms with Crippen molar-refractivity contribution < 1.29 is 18.3 Å². The van der Waals surface area contributed by atoms with Gasteiger partial charge in [-0.1, -0.05) is 18.2 Å². The topological polar surface area (TPSA) is 116 Å². The highest BCUT2D eigenvalue weighted by atomic mass is 19.1. The van der Waals surface area contributed by atoms with Gasteiger partial charge in [0.05, 0.1) is 24.7 Å². The number of nitrogens with zero attached hydrogens (tertiary/aromatic N) is 6. The number of nitrogens with two attached hydrogens (primary N) is 1. The van der Waals surface area contributed by atoms with E-state index >= 15 is 0 Å². The van der Waals surface area contributed by atoms with Gasteiger partial charge in [0.15, 0.2) is 11.6 Å². The molecule has 10 nitrogen and oxygen atoms in total. The third kappa shape index (κ3) is 6.58. The zero-order chi connectivity index (χ0) is 27.1. The Hall–Kier alpha value is -4.16. The Kier molecular flexibility index (Phi) is 8.77. The van der Waals surface area contributed by atoms with Crippen molar-refractivity contribution in [2.24, 2.45) is 12.8 Å². The molecule has 1 unspecified atom stereocenters. The van der Waals surface area contributed by atoms with Crippen molar-refractivity contribution in [3.8, 4) is 16.9 Å². The van der Waals surface area contributed by atoms with Gasteiger partial charge in [0.25, 0.3) is 0 Å². The maximum absolute atomic E-state index is 14.6. The molecule has 3 aromatic heterocycles. The van der Waals surface area contributed by atoms with E-state index in [9.17, 15) is 13.6 Å². The van der Waals surface area contributed by atoms with Crippen LogP contribution in [0.5, 0.6) is 0 Å². The van der Waals surface area contributed by atoms with Gasteiger partial charge in [-0.3, -0.25) is 15.0 Å². The molecule has 0 radical (unpaired) electrons. The first kappa shape index (κ1) is 26.9. The number of carbonyl (C=O) groups excluding carboxylic acids is 1. The van der Waals surface area contributed by atoms with Crippen molar-refractivity contribution in [3.63, 3.8) is 0 Å². The number of ether oxygens (including phenoxy) is 1. The number of nitrogens with one attached hydrogen (secondary N) is 1. The first-order valence-corrected chi connectivity index (χ1v) is 12.1. The molecule has 1 aromatic carbocycles. The molecule has 200 valence electrons. The zero-order valence-corrected chi connectivity index (χ0v) is 21.2. The molecular weight excluding hydrogens is 494 g/mol. The van der Waals surface area contributed by atoms with E-state index in [0.717, 1.165) is 38.2 Å². The third-order valence-electron chi connectivity index (χ3n) is 6.13. The number of hydrogen-bond acceptors (Lipinski definition) is 6. The van der Waals surface area contributed by atoms with E-state index in [4.69, 9.17) is 10.5 Å². The lowest BCUT2D eigenvalue weighted by molar-refractivity contribution is 0.160. The predicted octanol–water partition coefficient (Wildman–Crippen LogP) is 3.56.